The number of nitrogens with one attached hydrogen (secondary N) is 1. The van der Waals surface area contributed by atoms with Crippen LogP contribution in [0.3, 0.4) is 0 Å². The summed E-state index contributed by atoms with van der Waals surface area (Å²) < 4.78 is 0. The molecule has 0 aromatic carbocycles. The highest BCUT2D eigenvalue weighted by molar-refractivity contribution is 5.88. The summed E-state index contributed by atoms with van der Waals surface area (Å²) in [6, 6.07) is 0.0782. The maximum atomic E-state index is 11.2. The van der Waals surface area contributed by atoms with E-state index in [1.165, 1.54) is 12.0 Å². The number of allylic oxidation sites excluding steroid dienone is 1. The minimum absolute atomic E-state index is 0. The van der Waals surface area contributed by atoms with Gasteiger partial charge in [0.05, 0.1) is 0 Å². The molecule has 0 unspecified atom stereocenters. The Morgan fingerprint density at radius 2 is 2.31 bits per heavy atom. The molecule has 1 saturated carbocycles. The monoisotopic (exact) mass is 204 g/mol. The van der Waals surface area contributed by atoms with Gasteiger partial charge < -0.3 is 11.1 Å². The van der Waals surface area contributed by atoms with Gasteiger partial charge in [0, 0.05) is 18.7 Å². The van der Waals surface area contributed by atoms with Gasteiger partial charge >= 0.3 is 0 Å². The second-order valence-corrected chi connectivity index (χ2v) is 3.30. The minimum atomic E-state index is 0. The molecule has 0 aromatic heterocycles. The molecule has 3 nitrogen and oxygen atoms in total. The quantitative estimate of drug-likeness (QED) is 0.674. The maximum Gasteiger partial charge on any atom is 0.244 e. The van der Waals surface area contributed by atoms with Crippen molar-refractivity contribution in [3.63, 3.8) is 0 Å². The van der Waals surface area contributed by atoms with Crippen LogP contribution >= 0.6 is 12.4 Å². The SMILES string of the molecule is C[C@@H](CN)NC(=O)C=C1CCC1.Cl. The molecule has 0 heterocycles. The van der Waals surface area contributed by atoms with E-state index >= 15 is 0 Å². The van der Waals surface area contributed by atoms with E-state index in [1.54, 1.807) is 6.08 Å². The Kier molecular flexibility index (Phi) is 5.75. The molecule has 1 atom stereocenters. The van der Waals surface area contributed by atoms with Crippen molar-refractivity contribution >= 4 is 18.3 Å². The van der Waals surface area contributed by atoms with Gasteiger partial charge in [0.1, 0.15) is 0 Å². The highest BCUT2D eigenvalue weighted by Crippen LogP contribution is 2.24. The molecule has 4 heteroatoms. The van der Waals surface area contributed by atoms with Crippen molar-refractivity contribution in [2.45, 2.75) is 32.2 Å². The molecule has 1 amide bonds. The molecular formula is C9H17ClN2O. The fourth-order valence-corrected chi connectivity index (χ4v) is 1.05. The van der Waals surface area contributed by atoms with E-state index in [9.17, 15) is 4.79 Å². The van der Waals surface area contributed by atoms with E-state index in [0.29, 0.717) is 6.54 Å². The smallest absolute Gasteiger partial charge is 0.244 e. The number of halogens is 1. The van der Waals surface area contributed by atoms with E-state index in [4.69, 9.17) is 5.73 Å². The summed E-state index contributed by atoms with van der Waals surface area (Å²) in [6.45, 7) is 2.39. The lowest BCUT2D eigenvalue weighted by Gasteiger charge is -2.16. The summed E-state index contributed by atoms with van der Waals surface area (Å²) >= 11 is 0. The molecule has 0 aliphatic heterocycles. The first kappa shape index (κ1) is 12.5. The molecule has 13 heavy (non-hydrogen) atoms. The predicted octanol–water partition coefficient (Wildman–Crippen LogP) is 0.982. The molecular weight excluding hydrogens is 188 g/mol. The zero-order valence-corrected chi connectivity index (χ0v) is 8.69. The minimum Gasteiger partial charge on any atom is -0.349 e. The zero-order chi connectivity index (χ0) is 8.97. The first-order valence-corrected chi connectivity index (χ1v) is 4.42. The molecule has 0 spiro atoms. The molecule has 3 N–H and O–H groups in total. The summed E-state index contributed by atoms with van der Waals surface area (Å²) in [5, 5.41) is 2.79. The predicted molar refractivity (Wildman–Crippen MR) is 55.8 cm³/mol. The zero-order valence-electron chi connectivity index (χ0n) is 7.88. The third kappa shape index (κ3) is 4.29. The van der Waals surface area contributed by atoms with Crippen LogP contribution in [0.15, 0.2) is 11.6 Å². The normalized spacial score (nSPS) is 16.6. The van der Waals surface area contributed by atoms with Crippen molar-refractivity contribution in [3.05, 3.63) is 11.6 Å². The van der Waals surface area contributed by atoms with Gasteiger partial charge in [-0.1, -0.05) is 5.57 Å². The number of carbonyl (C=O) groups excluding carboxylic acids is 1. The van der Waals surface area contributed by atoms with Crippen LogP contribution in [0.25, 0.3) is 0 Å². The van der Waals surface area contributed by atoms with Crippen LogP contribution in [-0.4, -0.2) is 18.5 Å². The Bertz CT molecular complexity index is 198. The molecule has 0 aromatic rings. The van der Waals surface area contributed by atoms with Crippen molar-refractivity contribution in [1.29, 1.82) is 0 Å². The van der Waals surface area contributed by atoms with Crippen molar-refractivity contribution in [1.82, 2.24) is 5.32 Å². The Balaban J connectivity index is 0.00000144. The van der Waals surface area contributed by atoms with Crippen LogP contribution in [0.2, 0.25) is 0 Å². The highest BCUT2D eigenvalue weighted by Gasteiger charge is 2.10. The number of nitrogens with two attached hydrogens (primary N) is 1. The Morgan fingerprint density at radius 3 is 2.69 bits per heavy atom. The maximum absolute atomic E-state index is 11.2. The second kappa shape index (κ2) is 6.00. The van der Waals surface area contributed by atoms with E-state index in [1.807, 2.05) is 6.92 Å². The number of amides is 1. The summed E-state index contributed by atoms with van der Waals surface area (Å²) in [7, 11) is 0. The van der Waals surface area contributed by atoms with Gasteiger partial charge in [-0.05, 0) is 26.2 Å². The molecule has 1 fully saturated rings. The van der Waals surface area contributed by atoms with Gasteiger partial charge in [-0.25, -0.2) is 0 Å². The van der Waals surface area contributed by atoms with Crippen LogP contribution in [-0.2, 0) is 4.79 Å². The standard InChI is InChI=1S/C9H16N2O.ClH/c1-7(6-10)11-9(12)5-8-3-2-4-8;/h5,7H,2-4,6,10H2,1H3,(H,11,12);1H/t7-;/m0./s1. The highest BCUT2D eigenvalue weighted by atomic mass is 35.5. The Labute approximate surface area is 85.2 Å². The number of carbonyl (C=O) groups is 1. The number of hydrogen-bond acceptors (Lipinski definition) is 2. The van der Waals surface area contributed by atoms with Gasteiger partial charge in [0.2, 0.25) is 5.91 Å². The number of rotatable bonds is 3. The van der Waals surface area contributed by atoms with Gasteiger partial charge in [-0.15, -0.1) is 12.4 Å². The molecule has 1 aliphatic rings. The van der Waals surface area contributed by atoms with Crippen LogP contribution < -0.4 is 11.1 Å². The van der Waals surface area contributed by atoms with E-state index in [-0.39, 0.29) is 24.4 Å². The lowest BCUT2D eigenvalue weighted by Crippen LogP contribution is -2.37. The van der Waals surface area contributed by atoms with Crippen molar-refractivity contribution in [3.8, 4) is 0 Å². The molecule has 0 radical (unpaired) electrons. The van der Waals surface area contributed by atoms with Gasteiger partial charge in [-0.2, -0.15) is 0 Å². The van der Waals surface area contributed by atoms with Crippen molar-refractivity contribution < 1.29 is 4.79 Å². The van der Waals surface area contributed by atoms with Crippen LogP contribution in [0.5, 0.6) is 0 Å². The van der Waals surface area contributed by atoms with Crippen LogP contribution in [0.4, 0.5) is 0 Å². The average Bonchev–Trinajstić information content (AvgIpc) is 1.97. The van der Waals surface area contributed by atoms with Crippen molar-refractivity contribution in [2.75, 3.05) is 6.54 Å². The van der Waals surface area contributed by atoms with Gasteiger partial charge in [0.25, 0.3) is 0 Å². The Hall–Kier alpha value is -0.540. The number of hydrogen-bond donors (Lipinski definition) is 2. The van der Waals surface area contributed by atoms with E-state index < -0.39 is 0 Å². The fraction of sp³-hybridized carbons (Fsp3) is 0.667. The van der Waals surface area contributed by atoms with Crippen LogP contribution in [0.1, 0.15) is 26.2 Å². The molecule has 76 valence electrons. The second-order valence-electron chi connectivity index (χ2n) is 3.30. The fourth-order valence-electron chi connectivity index (χ4n) is 1.05. The van der Waals surface area contributed by atoms with Crippen LogP contribution in [0, 0.1) is 0 Å². The summed E-state index contributed by atoms with van der Waals surface area (Å²) in [5.74, 6) is 0.00245. The summed E-state index contributed by atoms with van der Waals surface area (Å²) in [5.41, 5.74) is 6.62. The molecule has 0 bridgehead atoms. The van der Waals surface area contributed by atoms with E-state index in [2.05, 4.69) is 5.32 Å². The van der Waals surface area contributed by atoms with E-state index in [0.717, 1.165) is 12.8 Å². The third-order valence-corrected chi connectivity index (χ3v) is 2.07. The molecule has 0 saturated heterocycles. The lowest BCUT2D eigenvalue weighted by molar-refractivity contribution is -0.117. The summed E-state index contributed by atoms with van der Waals surface area (Å²) in [4.78, 5) is 11.2. The first-order valence-electron chi connectivity index (χ1n) is 4.42. The third-order valence-electron chi connectivity index (χ3n) is 2.07. The molecule has 1 aliphatic carbocycles. The van der Waals surface area contributed by atoms with Gasteiger partial charge in [0.15, 0.2) is 0 Å². The lowest BCUT2D eigenvalue weighted by atomic mass is 9.92. The van der Waals surface area contributed by atoms with Gasteiger partial charge in [-0.3, -0.25) is 4.79 Å². The van der Waals surface area contributed by atoms with Crippen molar-refractivity contribution in [2.24, 2.45) is 5.73 Å². The topological polar surface area (TPSA) is 55.1 Å². The summed E-state index contributed by atoms with van der Waals surface area (Å²) in [6.07, 6.45) is 5.11. The first-order chi connectivity index (χ1) is 5.72. The average molecular weight is 205 g/mol. The molecule has 1 rings (SSSR count). The largest absolute Gasteiger partial charge is 0.349 e. The Morgan fingerprint density at radius 1 is 1.69 bits per heavy atom.